The zero-order valence-corrected chi connectivity index (χ0v) is 14.9. The Bertz CT molecular complexity index is 555. The van der Waals surface area contributed by atoms with Crippen molar-refractivity contribution in [2.75, 3.05) is 6.61 Å². The van der Waals surface area contributed by atoms with E-state index in [-0.39, 0.29) is 11.7 Å². The normalized spacial score (nSPS) is 48.7. The van der Waals surface area contributed by atoms with Crippen LogP contribution in [0.4, 0.5) is 0 Å². The molecular formula is C20H30O3. The molecule has 1 aliphatic carbocycles. The topological polar surface area (TPSA) is 42.0 Å². The zero-order valence-electron chi connectivity index (χ0n) is 14.9. The van der Waals surface area contributed by atoms with Crippen molar-refractivity contribution >= 4 is 0 Å². The smallest absolute Gasteiger partial charge is 0.109 e. The van der Waals surface area contributed by atoms with Gasteiger partial charge in [-0.15, -0.1) is 0 Å². The first kappa shape index (κ1) is 16.9. The van der Waals surface area contributed by atoms with Crippen molar-refractivity contribution in [2.45, 2.75) is 83.2 Å². The first-order valence-electron chi connectivity index (χ1n) is 8.85. The van der Waals surface area contributed by atoms with Crippen molar-refractivity contribution < 1.29 is 14.6 Å². The van der Waals surface area contributed by atoms with E-state index in [1.165, 1.54) is 11.1 Å². The van der Waals surface area contributed by atoms with Gasteiger partial charge in [0, 0.05) is 0 Å². The molecule has 0 spiro atoms. The van der Waals surface area contributed by atoms with E-state index in [1.54, 1.807) is 0 Å². The molecule has 0 bridgehead atoms. The summed E-state index contributed by atoms with van der Waals surface area (Å²) in [6.07, 6.45) is 12.1. The second kappa shape index (κ2) is 6.19. The summed E-state index contributed by atoms with van der Waals surface area (Å²) in [7, 11) is 0. The standard InChI is InChI=1S/C20H30O3/c1-14-6-5-11-20(4)18(23-20)10-8-15(2)12-17-16(9-7-14)19(3,21)13-22-17/h6,9,12,17-18,21H,5,7-8,10-11,13H2,1-4H3/b14-6+,15-12+,16-9-/t17-,18-,19+,20-/m0/s1. The Kier molecular flexibility index (Phi) is 4.56. The Balaban J connectivity index is 1.83. The molecule has 0 saturated carbocycles. The van der Waals surface area contributed by atoms with Gasteiger partial charge in [0.2, 0.25) is 0 Å². The van der Waals surface area contributed by atoms with Crippen molar-refractivity contribution in [3.8, 4) is 0 Å². The van der Waals surface area contributed by atoms with Crippen molar-refractivity contribution in [1.82, 2.24) is 0 Å². The van der Waals surface area contributed by atoms with Crippen LogP contribution in [0.1, 0.15) is 59.8 Å². The Morgan fingerprint density at radius 3 is 2.74 bits per heavy atom. The first-order valence-corrected chi connectivity index (χ1v) is 8.85. The summed E-state index contributed by atoms with van der Waals surface area (Å²) in [5.74, 6) is 0. The Morgan fingerprint density at radius 2 is 1.96 bits per heavy atom. The highest BCUT2D eigenvalue weighted by Gasteiger charge is 2.50. The fourth-order valence-electron chi connectivity index (χ4n) is 3.74. The van der Waals surface area contributed by atoms with Crippen LogP contribution in [0.15, 0.2) is 34.9 Å². The predicted octanol–water partition coefficient (Wildman–Crippen LogP) is 4.08. The molecule has 2 fully saturated rings. The lowest BCUT2D eigenvalue weighted by Gasteiger charge is -2.18. The van der Waals surface area contributed by atoms with Crippen LogP contribution < -0.4 is 0 Å². The lowest BCUT2D eigenvalue weighted by Crippen LogP contribution is -2.27. The van der Waals surface area contributed by atoms with Crippen molar-refractivity contribution in [3.05, 3.63) is 34.9 Å². The molecule has 23 heavy (non-hydrogen) atoms. The van der Waals surface area contributed by atoms with E-state index >= 15 is 0 Å². The number of hydrogen-bond donors (Lipinski definition) is 1. The van der Waals surface area contributed by atoms with E-state index in [1.807, 2.05) is 6.92 Å². The fourth-order valence-corrected chi connectivity index (χ4v) is 3.74. The molecule has 0 aromatic carbocycles. The molecule has 3 nitrogen and oxygen atoms in total. The summed E-state index contributed by atoms with van der Waals surface area (Å²) >= 11 is 0. The Labute approximate surface area is 140 Å². The number of ether oxygens (including phenoxy) is 2. The molecule has 0 aromatic heterocycles. The average molecular weight is 318 g/mol. The van der Waals surface area contributed by atoms with E-state index < -0.39 is 5.60 Å². The summed E-state index contributed by atoms with van der Waals surface area (Å²) in [6.45, 7) is 8.79. The van der Waals surface area contributed by atoms with Crippen molar-refractivity contribution in [2.24, 2.45) is 0 Å². The third-order valence-corrected chi connectivity index (χ3v) is 5.52. The van der Waals surface area contributed by atoms with E-state index in [0.717, 1.165) is 37.7 Å². The number of rotatable bonds is 0. The molecule has 3 rings (SSSR count). The largest absolute Gasteiger partial charge is 0.383 e. The van der Waals surface area contributed by atoms with Gasteiger partial charge in [0.25, 0.3) is 0 Å². The molecule has 2 heterocycles. The maximum absolute atomic E-state index is 10.6. The molecule has 0 radical (unpaired) electrons. The van der Waals surface area contributed by atoms with E-state index in [4.69, 9.17) is 9.47 Å². The van der Waals surface area contributed by atoms with Gasteiger partial charge in [0.1, 0.15) is 5.60 Å². The minimum absolute atomic E-state index is 0.0791. The number of aliphatic hydroxyl groups is 1. The number of allylic oxidation sites excluding steroid dienone is 4. The van der Waals surface area contributed by atoms with Gasteiger partial charge in [-0.2, -0.15) is 0 Å². The van der Waals surface area contributed by atoms with Crippen molar-refractivity contribution in [3.63, 3.8) is 0 Å². The number of hydrogen-bond acceptors (Lipinski definition) is 3. The molecule has 2 saturated heterocycles. The number of epoxide rings is 1. The van der Waals surface area contributed by atoms with Gasteiger partial charge in [0.05, 0.1) is 24.4 Å². The molecule has 4 atom stereocenters. The van der Waals surface area contributed by atoms with Crippen LogP contribution in [0.3, 0.4) is 0 Å². The summed E-state index contributed by atoms with van der Waals surface area (Å²) in [5.41, 5.74) is 2.90. The monoisotopic (exact) mass is 318 g/mol. The quantitative estimate of drug-likeness (QED) is 0.540. The maximum atomic E-state index is 10.6. The minimum Gasteiger partial charge on any atom is -0.383 e. The third-order valence-electron chi connectivity index (χ3n) is 5.52. The van der Waals surface area contributed by atoms with Crippen LogP contribution in [-0.2, 0) is 9.47 Å². The Hall–Kier alpha value is -0.900. The van der Waals surface area contributed by atoms with Gasteiger partial charge in [-0.05, 0) is 65.4 Å². The molecule has 0 amide bonds. The fraction of sp³-hybridized carbons (Fsp3) is 0.700. The highest BCUT2D eigenvalue weighted by atomic mass is 16.6. The molecule has 128 valence electrons. The lowest BCUT2D eigenvalue weighted by molar-refractivity contribution is 0.0487. The summed E-state index contributed by atoms with van der Waals surface area (Å²) < 4.78 is 11.8. The molecule has 0 aromatic rings. The molecule has 1 N–H and O–H groups in total. The van der Waals surface area contributed by atoms with Gasteiger partial charge in [-0.3, -0.25) is 0 Å². The van der Waals surface area contributed by atoms with Crippen LogP contribution in [0.2, 0.25) is 0 Å². The van der Waals surface area contributed by atoms with Crippen LogP contribution in [-0.4, -0.2) is 35.1 Å². The zero-order chi connectivity index (χ0) is 16.7. The molecule has 3 aliphatic rings. The van der Waals surface area contributed by atoms with E-state index in [9.17, 15) is 5.11 Å². The highest BCUT2D eigenvalue weighted by Crippen LogP contribution is 2.44. The summed E-state index contributed by atoms with van der Waals surface area (Å²) in [4.78, 5) is 0. The summed E-state index contributed by atoms with van der Waals surface area (Å²) in [5, 5.41) is 10.6. The average Bonchev–Trinajstić information content (AvgIpc) is 3.02. The Morgan fingerprint density at radius 1 is 1.17 bits per heavy atom. The molecule has 2 aliphatic heterocycles. The molecular weight excluding hydrogens is 288 g/mol. The van der Waals surface area contributed by atoms with E-state index in [0.29, 0.717) is 12.7 Å². The van der Waals surface area contributed by atoms with Crippen LogP contribution in [0.5, 0.6) is 0 Å². The minimum atomic E-state index is -0.850. The first-order chi connectivity index (χ1) is 10.8. The molecule has 0 unspecified atom stereocenters. The summed E-state index contributed by atoms with van der Waals surface area (Å²) in [6, 6.07) is 0. The third kappa shape index (κ3) is 3.78. The van der Waals surface area contributed by atoms with Crippen LogP contribution in [0, 0.1) is 0 Å². The van der Waals surface area contributed by atoms with Gasteiger partial charge in [-0.25, -0.2) is 0 Å². The maximum Gasteiger partial charge on any atom is 0.109 e. The van der Waals surface area contributed by atoms with Crippen LogP contribution >= 0.6 is 0 Å². The molecule has 3 heteroatoms. The van der Waals surface area contributed by atoms with Crippen molar-refractivity contribution in [1.29, 1.82) is 0 Å². The second-order valence-corrected chi connectivity index (χ2v) is 7.93. The van der Waals surface area contributed by atoms with Gasteiger partial charge in [-0.1, -0.05) is 29.4 Å². The van der Waals surface area contributed by atoms with Gasteiger partial charge < -0.3 is 14.6 Å². The van der Waals surface area contributed by atoms with Gasteiger partial charge >= 0.3 is 0 Å². The number of fused-ring (bicyclic) bond motifs is 2. The van der Waals surface area contributed by atoms with Gasteiger partial charge in [0.15, 0.2) is 0 Å². The SMILES string of the molecule is C/C1=C\CC[C@]2(C)O[C@H]2CC/C(C)=C/[C@@H]2OC[C@@](C)(O)/C2=C\C1. The van der Waals surface area contributed by atoms with E-state index in [2.05, 4.69) is 39.0 Å². The lowest BCUT2D eigenvalue weighted by atomic mass is 9.90. The second-order valence-electron chi connectivity index (χ2n) is 7.93. The predicted molar refractivity (Wildman–Crippen MR) is 92.3 cm³/mol. The van der Waals surface area contributed by atoms with Crippen LogP contribution in [0.25, 0.3) is 0 Å². The highest BCUT2D eigenvalue weighted by molar-refractivity contribution is 5.31.